The van der Waals surface area contributed by atoms with Crippen LogP contribution >= 0.6 is 0 Å². The van der Waals surface area contributed by atoms with Crippen molar-refractivity contribution in [2.24, 2.45) is 11.8 Å². The highest BCUT2D eigenvalue weighted by atomic mass is 15.1. The SMILES string of the molecule is CNCC(C)(CN1CCC(C(C)C)CC1)c1ccccc1. The van der Waals surface area contributed by atoms with Gasteiger partial charge in [-0.2, -0.15) is 0 Å². The van der Waals surface area contributed by atoms with E-state index < -0.39 is 0 Å². The summed E-state index contributed by atoms with van der Waals surface area (Å²) in [7, 11) is 2.06. The highest BCUT2D eigenvalue weighted by Gasteiger charge is 2.30. The van der Waals surface area contributed by atoms with E-state index in [-0.39, 0.29) is 5.41 Å². The van der Waals surface area contributed by atoms with Gasteiger partial charge in [-0.3, -0.25) is 0 Å². The van der Waals surface area contributed by atoms with Gasteiger partial charge in [0.2, 0.25) is 0 Å². The molecule has 1 atom stereocenters. The number of nitrogens with zero attached hydrogens (tertiary/aromatic N) is 1. The van der Waals surface area contributed by atoms with Crippen LogP contribution < -0.4 is 5.32 Å². The predicted molar refractivity (Wildman–Crippen MR) is 91.7 cm³/mol. The molecule has 2 heteroatoms. The maximum absolute atomic E-state index is 3.40. The van der Waals surface area contributed by atoms with Crippen LogP contribution in [-0.2, 0) is 5.41 Å². The van der Waals surface area contributed by atoms with Gasteiger partial charge >= 0.3 is 0 Å². The fraction of sp³-hybridized carbons (Fsp3) is 0.684. The van der Waals surface area contributed by atoms with E-state index in [9.17, 15) is 0 Å². The molecule has 2 nitrogen and oxygen atoms in total. The summed E-state index contributed by atoms with van der Waals surface area (Å²) in [5.74, 6) is 1.76. The monoisotopic (exact) mass is 288 g/mol. The van der Waals surface area contributed by atoms with Crippen molar-refractivity contribution in [3.8, 4) is 0 Å². The number of rotatable bonds is 6. The number of likely N-dealkylation sites (tertiary alicyclic amines) is 1. The zero-order valence-electron chi connectivity index (χ0n) is 14.2. The van der Waals surface area contributed by atoms with Crippen LogP contribution in [-0.4, -0.2) is 38.1 Å². The number of likely N-dealkylation sites (N-methyl/N-ethyl adjacent to an activating group) is 1. The number of piperidine rings is 1. The van der Waals surface area contributed by atoms with E-state index >= 15 is 0 Å². The smallest absolute Gasteiger partial charge is 0.0176 e. The average molecular weight is 288 g/mol. The Hall–Kier alpha value is -0.860. The lowest BCUT2D eigenvalue weighted by molar-refractivity contribution is 0.131. The quantitative estimate of drug-likeness (QED) is 0.861. The van der Waals surface area contributed by atoms with Gasteiger partial charge in [0.15, 0.2) is 0 Å². The van der Waals surface area contributed by atoms with E-state index in [4.69, 9.17) is 0 Å². The second-order valence-corrected chi connectivity index (χ2v) is 7.31. The van der Waals surface area contributed by atoms with E-state index in [2.05, 4.69) is 68.4 Å². The van der Waals surface area contributed by atoms with Gasteiger partial charge in [-0.05, 0) is 50.4 Å². The van der Waals surface area contributed by atoms with Gasteiger partial charge in [-0.25, -0.2) is 0 Å². The Morgan fingerprint density at radius 3 is 2.33 bits per heavy atom. The van der Waals surface area contributed by atoms with Crippen LogP contribution in [0.2, 0.25) is 0 Å². The molecule has 1 aromatic rings. The standard InChI is InChI=1S/C19H32N2/c1-16(2)17-10-12-21(13-11-17)15-19(3,14-20-4)18-8-6-5-7-9-18/h5-9,16-17,20H,10-15H2,1-4H3. The van der Waals surface area contributed by atoms with Crippen LogP contribution in [0.3, 0.4) is 0 Å². The molecule has 1 aliphatic rings. The van der Waals surface area contributed by atoms with Crippen molar-refractivity contribution in [1.82, 2.24) is 10.2 Å². The molecule has 1 aliphatic heterocycles. The molecule has 118 valence electrons. The molecule has 0 spiro atoms. The van der Waals surface area contributed by atoms with Crippen molar-refractivity contribution in [2.75, 3.05) is 33.2 Å². The van der Waals surface area contributed by atoms with Gasteiger partial charge < -0.3 is 10.2 Å². The molecular weight excluding hydrogens is 256 g/mol. The van der Waals surface area contributed by atoms with Crippen molar-refractivity contribution in [1.29, 1.82) is 0 Å². The fourth-order valence-electron chi connectivity index (χ4n) is 3.75. The fourth-order valence-corrected chi connectivity index (χ4v) is 3.75. The summed E-state index contributed by atoms with van der Waals surface area (Å²) in [5.41, 5.74) is 1.64. The summed E-state index contributed by atoms with van der Waals surface area (Å²) in [6, 6.07) is 11.0. The molecule has 2 rings (SSSR count). The number of benzene rings is 1. The van der Waals surface area contributed by atoms with Gasteiger partial charge in [0.1, 0.15) is 0 Å². The Bertz CT molecular complexity index is 407. The maximum Gasteiger partial charge on any atom is 0.0176 e. The Balaban J connectivity index is 2.01. The van der Waals surface area contributed by atoms with Gasteiger partial charge in [0.25, 0.3) is 0 Å². The third kappa shape index (κ3) is 4.31. The number of hydrogen-bond donors (Lipinski definition) is 1. The van der Waals surface area contributed by atoms with Crippen LogP contribution in [0.5, 0.6) is 0 Å². The van der Waals surface area contributed by atoms with E-state index in [0.717, 1.165) is 24.9 Å². The van der Waals surface area contributed by atoms with Gasteiger partial charge in [0.05, 0.1) is 0 Å². The third-order valence-corrected chi connectivity index (χ3v) is 5.19. The van der Waals surface area contributed by atoms with Crippen LogP contribution in [0.15, 0.2) is 30.3 Å². The molecule has 0 bridgehead atoms. The average Bonchev–Trinajstić information content (AvgIpc) is 2.49. The molecule has 1 unspecified atom stereocenters. The molecule has 1 heterocycles. The Morgan fingerprint density at radius 1 is 1.19 bits per heavy atom. The minimum absolute atomic E-state index is 0.195. The molecule has 1 aromatic carbocycles. The molecule has 0 radical (unpaired) electrons. The van der Waals surface area contributed by atoms with Gasteiger partial charge in [-0.15, -0.1) is 0 Å². The zero-order chi connectivity index (χ0) is 15.3. The minimum Gasteiger partial charge on any atom is -0.319 e. The second-order valence-electron chi connectivity index (χ2n) is 7.31. The lowest BCUT2D eigenvalue weighted by Crippen LogP contribution is -2.47. The normalized spacial score (nSPS) is 20.6. The summed E-state index contributed by atoms with van der Waals surface area (Å²) in [6.07, 6.45) is 2.73. The first-order valence-corrected chi connectivity index (χ1v) is 8.47. The highest BCUT2D eigenvalue weighted by Crippen LogP contribution is 2.29. The van der Waals surface area contributed by atoms with Crippen molar-refractivity contribution in [2.45, 2.75) is 39.0 Å². The first-order chi connectivity index (χ1) is 10.0. The largest absolute Gasteiger partial charge is 0.319 e. The second kappa shape index (κ2) is 7.42. The summed E-state index contributed by atoms with van der Waals surface area (Å²) in [6.45, 7) is 11.8. The van der Waals surface area contributed by atoms with E-state index in [1.165, 1.54) is 31.5 Å². The Kier molecular flexibility index (Phi) is 5.83. The minimum atomic E-state index is 0.195. The van der Waals surface area contributed by atoms with Crippen LogP contribution in [0.1, 0.15) is 39.2 Å². The van der Waals surface area contributed by atoms with Crippen molar-refractivity contribution >= 4 is 0 Å². The summed E-state index contributed by atoms with van der Waals surface area (Å²) in [5, 5.41) is 3.40. The van der Waals surface area contributed by atoms with Crippen molar-refractivity contribution in [3.63, 3.8) is 0 Å². The topological polar surface area (TPSA) is 15.3 Å². The Labute approximate surface area is 130 Å². The first-order valence-electron chi connectivity index (χ1n) is 8.47. The van der Waals surface area contributed by atoms with Crippen LogP contribution in [0, 0.1) is 11.8 Å². The molecule has 0 aromatic heterocycles. The maximum atomic E-state index is 3.40. The van der Waals surface area contributed by atoms with E-state index in [0.29, 0.717) is 0 Å². The van der Waals surface area contributed by atoms with Gasteiger partial charge in [0, 0.05) is 18.5 Å². The molecule has 1 saturated heterocycles. The summed E-state index contributed by atoms with van der Waals surface area (Å²) in [4.78, 5) is 2.67. The zero-order valence-corrected chi connectivity index (χ0v) is 14.2. The predicted octanol–water partition coefficient (Wildman–Crippen LogP) is 3.53. The number of nitrogens with one attached hydrogen (secondary N) is 1. The van der Waals surface area contributed by atoms with Crippen LogP contribution in [0.4, 0.5) is 0 Å². The summed E-state index contributed by atoms with van der Waals surface area (Å²) < 4.78 is 0. The van der Waals surface area contributed by atoms with E-state index in [1.54, 1.807) is 0 Å². The highest BCUT2D eigenvalue weighted by molar-refractivity contribution is 5.25. The summed E-state index contributed by atoms with van der Waals surface area (Å²) >= 11 is 0. The van der Waals surface area contributed by atoms with E-state index in [1.807, 2.05) is 0 Å². The molecule has 1 fully saturated rings. The Morgan fingerprint density at radius 2 is 1.81 bits per heavy atom. The third-order valence-electron chi connectivity index (χ3n) is 5.19. The molecule has 1 N–H and O–H groups in total. The van der Waals surface area contributed by atoms with Crippen molar-refractivity contribution < 1.29 is 0 Å². The lowest BCUT2D eigenvalue weighted by atomic mass is 9.80. The molecular formula is C19H32N2. The van der Waals surface area contributed by atoms with Gasteiger partial charge in [-0.1, -0.05) is 51.1 Å². The van der Waals surface area contributed by atoms with Crippen molar-refractivity contribution in [3.05, 3.63) is 35.9 Å². The molecule has 0 aliphatic carbocycles. The molecule has 0 amide bonds. The molecule has 21 heavy (non-hydrogen) atoms. The molecule has 0 saturated carbocycles. The number of hydrogen-bond acceptors (Lipinski definition) is 2. The first kappa shape index (κ1) is 16.5. The lowest BCUT2D eigenvalue weighted by Gasteiger charge is -2.40. The van der Waals surface area contributed by atoms with Crippen LogP contribution in [0.25, 0.3) is 0 Å².